The van der Waals surface area contributed by atoms with Crippen LogP contribution >= 0.6 is 0 Å². The number of nitrogens with zero attached hydrogens (tertiary/aromatic N) is 1. The van der Waals surface area contributed by atoms with Gasteiger partial charge < -0.3 is 14.3 Å². The van der Waals surface area contributed by atoms with E-state index in [2.05, 4.69) is 10.5 Å². The van der Waals surface area contributed by atoms with Crippen molar-refractivity contribution in [3.63, 3.8) is 0 Å². The number of hydrogen-bond acceptors (Lipinski definition) is 5. The van der Waals surface area contributed by atoms with Gasteiger partial charge in [0.25, 0.3) is 0 Å². The molecule has 6 heteroatoms. The van der Waals surface area contributed by atoms with E-state index in [1.807, 2.05) is 0 Å². The van der Waals surface area contributed by atoms with Crippen LogP contribution in [0.25, 0.3) is 0 Å². The van der Waals surface area contributed by atoms with Crippen LogP contribution in [0.2, 0.25) is 0 Å². The van der Waals surface area contributed by atoms with Gasteiger partial charge in [0.1, 0.15) is 0 Å². The fourth-order valence-electron chi connectivity index (χ4n) is 1.33. The van der Waals surface area contributed by atoms with E-state index in [4.69, 9.17) is 4.42 Å². The second kappa shape index (κ2) is 5.63. The van der Waals surface area contributed by atoms with E-state index in [9.17, 15) is 14.7 Å². The second-order valence-corrected chi connectivity index (χ2v) is 3.59. The summed E-state index contributed by atoms with van der Waals surface area (Å²) >= 11 is 0. The number of carbonyl (C=O) groups is 2. The van der Waals surface area contributed by atoms with Gasteiger partial charge in [-0.3, -0.25) is 4.79 Å². The average Bonchev–Trinajstić information content (AvgIpc) is 2.93. The number of aromatic carboxylic acids is 1. The smallest absolute Gasteiger partial charge is 0.307 e. The van der Waals surface area contributed by atoms with Crippen molar-refractivity contribution in [3.8, 4) is 0 Å². The first-order valence-corrected chi connectivity index (χ1v) is 5.35. The summed E-state index contributed by atoms with van der Waals surface area (Å²) in [4.78, 5) is 22.0. The number of hydrogen-bond donors (Lipinski definition) is 1. The first kappa shape index (κ1) is 12.6. The maximum Gasteiger partial charge on any atom is 0.307 e. The monoisotopic (exact) mass is 257 g/mol. The Hall–Kier alpha value is -2.89. The highest BCUT2D eigenvalue weighted by atomic mass is 16.4. The molecule has 0 atom stereocenters. The molecule has 19 heavy (non-hydrogen) atoms. The number of carboxylic acid groups (broad SMARTS) is 1. The number of hydrazone groups is 1. The normalized spacial score (nSPS) is 10.5. The summed E-state index contributed by atoms with van der Waals surface area (Å²) in [7, 11) is 0. The molecule has 0 aliphatic carbocycles. The topological polar surface area (TPSA) is 94.7 Å². The quantitative estimate of drug-likeness (QED) is 0.633. The molecule has 0 spiro atoms. The summed E-state index contributed by atoms with van der Waals surface area (Å²) in [5, 5.41) is 14.3. The molecule has 1 aromatic carbocycles. The number of benzene rings is 1. The molecule has 1 N–H and O–H groups in total. The van der Waals surface area contributed by atoms with E-state index in [0.29, 0.717) is 5.56 Å². The molecular formula is C13H9N2O4-. The molecule has 0 aliphatic rings. The summed E-state index contributed by atoms with van der Waals surface area (Å²) in [6, 6.07) is 8.99. The number of furan rings is 1. The van der Waals surface area contributed by atoms with Gasteiger partial charge in [-0.25, -0.2) is 5.43 Å². The van der Waals surface area contributed by atoms with Crippen LogP contribution in [0.15, 0.2) is 52.2 Å². The number of carbonyl (C=O) groups excluding carboxylic acids is 2. The van der Waals surface area contributed by atoms with Crippen molar-refractivity contribution in [2.45, 2.75) is 0 Å². The molecule has 96 valence electrons. The molecule has 0 fully saturated rings. The fraction of sp³-hybridized carbons (Fsp3) is 0. The SMILES string of the molecule is O=C([O-])c1ccc(C=NNC(=O)c2ccco2)cc1. The average molecular weight is 257 g/mol. The zero-order valence-corrected chi connectivity index (χ0v) is 9.70. The molecule has 2 rings (SSSR count). The van der Waals surface area contributed by atoms with E-state index in [1.165, 1.54) is 30.7 Å². The number of nitrogens with one attached hydrogen (secondary N) is 1. The summed E-state index contributed by atoms with van der Waals surface area (Å²) in [5.74, 6) is -1.55. The van der Waals surface area contributed by atoms with Crippen LogP contribution in [-0.4, -0.2) is 18.1 Å². The lowest BCUT2D eigenvalue weighted by Crippen LogP contribution is -2.22. The van der Waals surface area contributed by atoms with Gasteiger partial charge in [0, 0.05) is 0 Å². The van der Waals surface area contributed by atoms with Gasteiger partial charge in [0.05, 0.1) is 18.4 Å². The van der Waals surface area contributed by atoms with Crippen LogP contribution in [0.4, 0.5) is 0 Å². The van der Waals surface area contributed by atoms with Gasteiger partial charge in [-0.1, -0.05) is 24.3 Å². The van der Waals surface area contributed by atoms with Crippen LogP contribution in [0.3, 0.4) is 0 Å². The molecule has 0 aliphatic heterocycles. The Balaban J connectivity index is 1.95. The van der Waals surface area contributed by atoms with Crippen LogP contribution in [0, 0.1) is 0 Å². The third-order valence-electron chi connectivity index (χ3n) is 2.27. The highest BCUT2D eigenvalue weighted by Gasteiger charge is 2.05. The van der Waals surface area contributed by atoms with Gasteiger partial charge in [-0.05, 0) is 23.3 Å². The van der Waals surface area contributed by atoms with Crippen molar-refractivity contribution in [1.29, 1.82) is 0 Å². The predicted octanol–water partition coefficient (Wildman–Crippen LogP) is 0.407. The van der Waals surface area contributed by atoms with E-state index in [-0.39, 0.29) is 11.3 Å². The van der Waals surface area contributed by atoms with Gasteiger partial charge in [-0.15, -0.1) is 0 Å². The highest BCUT2D eigenvalue weighted by Crippen LogP contribution is 2.02. The Morgan fingerprint density at radius 3 is 2.53 bits per heavy atom. The first-order chi connectivity index (χ1) is 9.16. The van der Waals surface area contributed by atoms with Crippen molar-refractivity contribution >= 4 is 18.1 Å². The Kier molecular flexibility index (Phi) is 3.72. The van der Waals surface area contributed by atoms with Gasteiger partial charge in [0.15, 0.2) is 5.76 Å². The minimum atomic E-state index is -1.24. The molecule has 1 aromatic heterocycles. The second-order valence-electron chi connectivity index (χ2n) is 3.59. The minimum Gasteiger partial charge on any atom is -0.545 e. The van der Waals surface area contributed by atoms with E-state index < -0.39 is 11.9 Å². The fourth-order valence-corrected chi connectivity index (χ4v) is 1.33. The first-order valence-electron chi connectivity index (χ1n) is 5.35. The standard InChI is InChI=1S/C13H10N2O4/c16-12(11-2-1-7-19-11)15-14-8-9-3-5-10(6-4-9)13(17)18/h1-8H,(H,15,16)(H,17,18)/p-1. The number of carboxylic acids is 1. The molecule has 0 radical (unpaired) electrons. The van der Waals surface area contributed by atoms with Crippen molar-refractivity contribution in [1.82, 2.24) is 5.43 Å². The van der Waals surface area contributed by atoms with Crippen molar-refractivity contribution in [2.75, 3.05) is 0 Å². The number of rotatable bonds is 4. The summed E-state index contributed by atoms with van der Waals surface area (Å²) in [6.07, 6.45) is 2.77. The van der Waals surface area contributed by atoms with Crippen LogP contribution < -0.4 is 10.5 Å². The molecule has 0 saturated heterocycles. The Bertz CT molecular complexity index is 600. The van der Waals surface area contributed by atoms with Gasteiger partial charge in [0.2, 0.25) is 0 Å². The molecule has 6 nitrogen and oxygen atoms in total. The summed E-state index contributed by atoms with van der Waals surface area (Å²) in [6.45, 7) is 0. The zero-order valence-electron chi connectivity index (χ0n) is 9.70. The van der Waals surface area contributed by atoms with E-state index in [1.54, 1.807) is 18.2 Å². The van der Waals surface area contributed by atoms with Crippen LogP contribution in [-0.2, 0) is 0 Å². The molecule has 1 heterocycles. The Morgan fingerprint density at radius 2 is 1.95 bits per heavy atom. The van der Waals surface area contributed by atoms with Crippen LogP contribution in [0.1, 0.15) is 26.5 Å². The minimum absolute atomic E-state index is 0.0803. The maximum absolute atomic E-state index is 11.4. The van der Waals surface area contributed by atoms with Crippen molar-refractivity contribution in [2.24, 2.45) is 5.10 Å². The largest absolute Gasteiger partial charge is 0.545 e. The molecule has 0 bridgehead atoms. The van der Waals surface area contributed by atoms with Crippen LogP contribution in [0.5, 0.6) is 0 Å². The Morgan fingerprint density at radius 1 is 1.21 bits per heavy atom. The lowest BCUT2D eigenvalue weighted by Gasteiger charge is -2.01. The molecule has 0 saturated carbocycles. The van der Waals surface area contributed by atoms with E-state index in [0.717, 1.165) is 0 Å². The van der Waals surface area contributed by atoms with Gasteiger partial charge in [-0.2, -0.15) is 5.10 Å². The number of amides is 1. The third kappa shape index (κ3) is 3.29. The predicted molar refractivity (Wildman–Crippen MR) is 64.5 cm³/mol. The van der Waals surface area contributed by atoms with Crippen molar-refractivity contribution < 1.29 is 19.1 Å². The zero-order chi connectivity index (χ0) is 13.7. The molecule has 0 unspecified atom stereocenters. The van der Waals surface area contributed by atoms with E-state index >= 15 is 0 Å². The molecular weight excluding hydrogens is 248 g/mol. The molecule has 1 amide bonds. The summed E-state index contributed by atoms with van der Waals surface area (Å²) < 4.78 is 4.88. The summed E-state index contributed by atoms with van der Waals surface area (Å²) in [5.41, 5.74) is 3.00. The van der Waals surface area contributed by atoms with Gasteiger partial charge >= 0.3 is 5.91 Å². The third-order valence-corrected chi connectivity index (χ3v) is 2.27. The lowest BCUT2D eigenvalue weighted by molar-refractivity contribution is -0.255. The van der Waals surface area contributed by atoms with Crippen molar-refractivity contribution in [3.05, 3.63) is 59.5 Å². The Labute approximate surface area is 108 Å². The molecule has 2 aromatic rings. The highest BCUT2D eigenvalue weighted by molar-refractivity contribution is 5.92. The lowest BCUT2D eigenvalue weighted by atomic mass is 10.1. The maximum atomic E-state index is 11.4.